The van der Waals surface area contributed by atoms with E-state index in [4.69, 9.17) is 16.2 Å². The molecule has 5 nitrogen and oxygen atoms in total. The van der Waals surface area contributed by atoms with E-state index < -0.39 is 6.36 Å². The van der Waals surface area contributed by atoms with E-state index >= 15 is 0 Å². The first-order valence-corrected chi connectivity index (χ1v) is 6.49. The number of hydrogen-bond donors (Lipinski definition) is 2. The molecule has 0 aliphatic rings. The molecule has 23 heavy (non-hydrogen) atoms. The van der Waals surface area contributed by atoms with Gasteiger partial charge in [-0.25, -0.2) is 4.99 Å². The Hall–Kier alpha value is -2.90. The maximum absolute atomic E-state index is 12.2. The fourth-order valence-corrected chi connectivity index (χ4v) is 1.77. The molecule has 0 bridgehead atoms. The smallest absolute Gasteiger partial charge is 0.489 e. The Morgan fingerprint density at radius 3 is 2.30 bits per heavy atom. The van der Waals surface area contributed by atoms with Crippen LogP contribution in [0.3, 0.4) is 0 Å². The highest BCUT2D eigenvalue weighted by atomic mass is 19.4. The lowest BCUT2D eigenvalue weighted by molar-refractivity contribution is -0.274. The van der Waals surface area contributed by atoms with Gasteiger partial charge < -0.3 is 20.9 Å². The summed E-state index contributed by atoms with van der Waals surface area (Å²) in [5.41, 5.74) is 11.6. The van der Waals surface area contributed by atoms with Gasteiger partial charge in [-0.1, -0.05) is 12.1 Å². The van der Waals surface area contributed by atoms with Crippen LogP contribution in [0.25, 0.3) is 0 Å². The van der Waals surface area contributed by atoms with Crippen molar-refractivity contribution in [2.45, 2.75) is 13.0 Å². The zero-order valence-electron chi connectivity index (χ0n) is 11.9. The van der Waals surface area contributed by atoms with Gasteiger partial charge in [0.1, 0.15) is 18.1 Å². The van der Waals surface area contributed by atoms with Crippen LogP contribution in [0.5, 0.6) is 11.5 Å². The van der Waals surface area contributed by atoms with Crippen LogP contribution in [0.4, 0.5) is 18.9 Å². The Bertz CT molecular complexity index is 681. The number of nitrogens with two attached hydrogens (primary N) is 2. The number of aliphatic imine (C=N–C) groups is 1. The second kappa shape index (κ2) is 6.91. The standard InChI is InChI=1S/C15H14F3N3O2/c16-15(17,18)23-13-3-1-2-10(8-13)9-22-12-6-4-11(5-7-12)21-14(19)20/h1-8H,9H2,(H4,19,20,21). The van der Waals surface area contributed by atoms with Gasteiger partial charge in [-0.3, -0.25) is 0 Å². The van der Waals surface area contributed by atoms with Crippen molar-refractivity contribution >= 4 is 11.6 Å². The summed E-state index contributed by atoms with van der Waals surface area (Å²) in [5.74, 6) is 0.184. The Labute approximate surface area is 130 Å². The normalized spacial score (nSPS) is 10.9. The Morgan fingerprint density at radius 1 is 1.00 bits per heavy atom. The molecule has 0 atom stereocenters. The number of hydrogen-bond acceptors (Lipinski definition) is 3. The Balaban J connectivity index is 1.98. The van der Waals surface area contributed by atoms with Crippen LogP contribution in [-0.4, -0.2) is 12.3 Å². The average Bonchev–Trinajstić information content (AvgIpc) is 2.44. The van der Waals surface area contributed by atoms with E-state index in [-0.39, 0.29) is 18.3 Å². The van der Waals surface area contributed by atoms with Gasteiger partial charge in [0.05, 0.1) is 5.69 Å². The van der Waals surface area contributed by atoms with Crippen LogP contribution in [0.2, 0.25) is 0 Å². The fourth-order valence-electron chi connectivity index (χ4n) is 1.77. The number of guanidine groups is 1. The lowest BCUT2D eigenvalue weighted by Crippen LogP contribution is -2.21. The molecule has 2 aromatic carbocycles. The van der Waals surface area contributed by atoms with Crippen LogP contribution in [-0.2, 0) is 6.61 Å². The third-order valence-electron chi connectivity index (χ3n) is 2.63. The van der Waals surface area contributed by atoms with E-state index in [1.807, 2.05) is 0 Å². The lowest BCUT2D eigenvalue weighted by Gasteiger charge is -2.11. The number of alkyl halides is 3. The molecule has 122 valence electrons. The van der Waals surface area contributed by atoms with Gasteiger partial charge >= 0.3 is 6.36 Å². The molecule has 0 saturated heterocycles. The molecule has 8 heteroatoms. The van der Waals surface area contributed by atoms with E-state index in [0.29, 0.717) is 17.0 Å². The molecule has 0 saturated carbocycles. The first kappa shape index (κ1) is 16.5. The molecule has 0 radical (unpaired) electrons. The van der Waals surface area contributed by atoms with Crippen LogP contribution >= 0.6 is 0 Å². The van der Waals surface area contributed by atoms with Crippen molar-refractivity contribution in [2.24, 2.45) is 16.5 Å². The first-order valence-electron chi connectivity index (χ1n) is 6.49. The molecule has 0 spiro atoms. The van der Waals surface area contributed by atoms with Gasteiger partial charge in [0.25, 0.3) is 0 Å². The van der Waals surface area contributed by atoms with Crippen LogP contribution < -0.4 is 20.9 Å². The summed E-state index contributed by atoms with van der Waals surface area (Å²) < 4.78 is 45.9. The molecular weight excluding hydrogens is 311 g/mol. The topological polar surface area (TPSA) is 82.9 Å². The highest BCUT2D eigenvalue weighted by molar-refractivity contribution is 5.79. The minimum Gasteiger partial charge on any atom is -0.489 e. The third-order valence-corrected chi connectivity index (χ3v) is 2.63. The zero-order valence-corrected chi connectivity index (χ0v) is 11.9. The van der Waals surface area contributed by atoms with E-state index in [9.17, 15) is 13.2 Å². The molecule has 2 aromatic rings. The second-order valence-electron chi connectivity index (χ2n) is 4.51. The minimum absolute atomic E-state index is 0.0554. The summed E-state index contributed by atoms with van der Waals surface area (Å²) in [4.78, 5) is 3.86. The summed E-state index contributed by atoms with van der Waals surface area (Å²) in [6.45, 7) is 0.0939. The molecule has 2 rings (SSSR count). The molecule has 0 amide bonds. The van der Waals surface area contributed by atoms with Gasteiger partial charge in [0.15, 0.2) is 5.96 Å². The van der Waals surface area contributed by atoms with Crippen molar-refractivity contribution in [3.8, 4) is 11.5 Å². The maximum atomic E-state index is 12.2. The maximum Gasteiger partial charge on any atom is 0.573 e. The van der Waals surface area contributed by atoms with Gasteiger partial charge in [-0.2, -0.15) is 0 Å². The van der Waals surface area contributed by atoms with Crippen molar-refractivity contribution in [2.75, 3.05) is 0 Å². The number of halogens is 3. The van der Waals surface area contributed by atoms with Crippen molar-refractivity contribution in [3.63, 3.8) is 0 Å². The third kappa shape index (κ3) is 5.77. The number of rotatable bonds is 5. The Morgan fingerprint density at radius 2 is 1.70 bits per heavy atom. The number of nitrogens with zero attached hydrogens (tertiary/aromatic N) is 1. The predicted molar refractivity (Wildman–Crippen MR) is 79.4 cm³/mol. The van der Waals surface area contributed by atoms with Crippen molar-refractivity contribution in [1.82, 2.24) is 0 Å². The molecule has 0 aliphatic carbocycles. The Kier molecular flexibility index (Phi) is 4.95. The van der Waals surface area contributed by atoms with Crippen LogP contribution in [0, 0.1) is 0 Å². The summed E-state index contributed by atoms with van der Waals surface area (Å²) in [6.07, 6.45) is -4.72. The minimum atomic E-state index is -4.72. The van der Waals surface area contributed by atoms with Crippen molar-refractivity contribution < 1.29 is 22.6 Å². The van der Waals surface area contributed by atoms with E-state index in [1.54, 1.807) is 30.3 Å². The van der Waals surface area contributed by atoms with Crippen molar-refractivity contribution in [1.29, 1.82) is 0 Å². The largest absolute Gasteiger partial charge is 0.573 e. The van der Waals surface area contributed by atoms with Crippen LogP contribution in [0.1, 0.15) is 5.56 Å². The van der Waals surface area contributed by atoms with Gasteiger partial charge in [0, 0.05) is 0 Å². The molecular formula is C15H14F3N3O2. The molecule has 0 aliphatic heterocycles. The lowest BCUT2D eigenvalue weighted by atomic mass is 10.2. The predicted octanol–water partition coefficient (Wildman–Crippen LogP) is 3.07. The van der Waals surface area contributed by atoms with E-state index in [1.165, 1.54) is 18.2 Å². The molecule has 0 fully saturated rings. The number of ether oxygens (including phenoxy) is 2. The quantitative estimate of drug-likeness (QED) is 0.654. The summed E-state index contributed by atoms with van der Waals surface area (Å²) in [6, 6.07) is 12.2. The van der Waals surface area contributed by atoms with Gasteiger partial charge in [-0.05, 0) is 42.0 Å². The SMILES string of the molecule is NC(N)=Nc1ccc(OCc2cccc(OC(F)(F)F)c2)cc1. The zero-order chi connectivity index (χ0) is 16.9. The molecule has 0 heterocycles. The van der Waals surface area contributed by atoms with E-state index in [0.717, 1.165) is 0 Å². The highest BCUT2D eigenvalue weighted by Gasteiger charge is 2.31. The fraction of sp³-hybridized carbons (Fsp3) is 0.133. The van der Waals surface area contributed by atoms with Crippen molar-refractivity contribution in [3.05, 3.63) is 54.1 Å². The van der Waals surface area contributed by atoms with Crippen LogP contribution in [0.15, 0.2) is 53.5 Å². The van der Waals surface area contributed by atoms with Gasteiger partial charge in [-0.15, -0.1) is 13.2 Å². The van der Waals surface area contributed by atoms with E-state index in [2.05, 4.69) is 9.73 Å². The average molecular weight is 325 g/mol. The van der Waals surface area contributed by atoms with Gasteiger partial charge in [0.2, 0.25) is 0 Å². The summed E-state index contributed by atoms with van der Waals surface area (Å²) in [5, 5.41) is 0. The molecule has 0 unspecified atom stereocenters. The summed E-state index contributed by atoms with van der Waals surface area (Å²) >= 11 is 0. The monoisotopic (exact) mass is 325 g/mol. The highest BCUT2D eigenvalue weighted by Crippen LogP contribution is 2.24. The molecule has 4 N–H and O–H groups in total. The second-order valence-corrected chi connectivity index (χ2v) is 4.51. The summed E-state index contributed by atoms with van der Waals surface area (Å²) in [7, 11) is 0. The molecule has 0 aromatic heterocycles. The first-order chi connectivity index (χ1) is 10.8. The number of benzene rings is 2.